The maximum atomic E-state index is 13.1. The van der Waals surface area contributed by atoms with Crippen molar-refractivity contribution in [3.8, 4) is 11.3 Å². The fourth-order valence-electron chi connectivity index (χ4n) is 2.29. The van der Waals surface area contributed by atoms with Gasteiger partial charge in [0.1, 0.15) is 5.82 Å². The van der Waals surface area contributed by atoms with Crippen molar-refractivity contribution in [3.63, 3.8) is 0 Å². The number of hydrogen-bond donors (Lipinski definition) is 1. The number of fused-ring (bicyclic) bond motifs is 1. The van der Waals surface area contributed by atoms with Crippen molar-refractivity contribution in [2.75, 3.05) is 0 Å². The van der Waals surface area contributed by atoms with E-state index >= 15 is 0 Å². The Balaban J connectivity index is 0.00000100. The van der Waals surface area contributed by atoms with E-state index < -0.39 is 5.97 Å². The van der Waals surface area contributed by atoms with E-state index in [1.807, 2.05) is 33.8 Å². The number of aromatic nitrogens is 3. The van der Waals surface area contributed by atoms with E-state index in [-0.39, 0.29) is 17.4 Å². The van der Waals surface area contributed by atoms with E-state index in [2.05, 4.69) is 10.1 Å². The number of benzene rings is 1. The predicted molar refractivity (Wildman–Crippen MR) is 90.8 cm³/mol. The van der Waals surface area contributed by atoms with Gasteiger partial charge >= 0.3 is 5.97 Å². The molecule has 0 aliphatic carbocycles. The first-order valence-electron chi connectivity index (χ1n) is 7.85. The van der Waals surface area contributed by atoms with Crippen molar-refractivity contribution in [2.24, 2.45) is 0 Å². The Morgan fingerprint density at radius 2 is 1.83 bits per heavy atom. The zero-order chi connectivity index (χ0) is 17.9. The van der Waals surface area contributed by atoms with Crippen LogP contribution in [0.15, 0.2) is 36.5 Å². The summed E-state index contributed by atoms with van der Waals surface area (Å²) in [5.41, 5.74) is 2.77. The molecular formula is C18H20FN3O2. The maximum Gasteiger partial charge on any atom is 0.356 e. The van der Waals surface area contributed by atoms with Gasteiger partial charge in [-0.15, -0.1) is 0 Å². The quantitative estimate of drug-likeness (QED) is 0.774. The molecule has 3 aromatic rings. The van der Waals surface area contributed by atoms with E-state index in [4.69, 9.17) is 5.11 Å². The highest BCUT2D eigenvalue weighted by molar-refractivity contribution is 5.86. The van der Waals surface area contributed by atoms with E-state index in [0.29, 0.717) is 11.3 Å². The Hall–Kier alpha value is -2.76. The largest absolute Gasteiger partial charge is 0.476 e. The number of carboxylic acid groups (broad SMARTS) is 1. The first-order chi connectivity index (χ1) is 11.5. The molecule has 0 unspecified atom stereocenters. The molecular weight excluding hydrogens is 309 g/mol. The third kappa shape index (κ3) is 3.42. The van der Waals surface area contributed by atoms with Crippen molar-refractivity contribution in [1.29, 1.82) is 0 Å². The lowest BCUT2D eigenvalue weighted by atomic mass is 10.0. The van der Waals surface area contributed by atoms with E-state index in [0.717, 1.165) is 11.1 Å². The molecule has 2 aromatic heterocycles. The minimum absolute atomic E-state index is 0.0503. The monoisotopic (exact) mass is 329 g/mol. The molecule has 126 valence electrons. The average molecular weight is 329 g/mol. The Labute approximate surface area is 139 Å². The SMILES string of the molecule is CC.CC(C)c1cc(-c2ccc(F)cc2)nn2cc(C(=O)O)nc12. The van der Waals surface area contributed by atoms with Crippen LogP contribution in [0.2, 0.25) is 0 Å². The second-order valence-corrected chi connectivity index (χ2v) is 5.35. The Bertz CT molecular complexity index is 855. The topological polar surface area (TPSA) is 67.5 Å². The van der Waals surface area contributed by atoms with Gasteiger partial charge < -0.3 is 5.11 Å². The van der Waals surface area contributed by atoms with Crippen LogP contribution >= 0.6 is 0 Å². The maximum absolute atomic E-state index is 13.1. The molecule has 5 nitrogen and oxygen atoms in total. The lowest BCUT2D eigenvalue weighted by Gasteiger charge is -2.10. The Morgan fingerprint density at radius 3 is 2.38 bits per heavy atom. The second kappa shape index (κ2) is 7.21. The first kappa shape index (κ1) is 17.6. The van der Waals surface area contributed by atoms with Gasteiger partial charge in [-0.25, -0.2) is 18.7 Å². The van der Waals surface area contributed by atoms with Crippen LogP contribution in [0.25, 0.3) is 16.9 Å². The summed E-state index contributed by atoms with van der Waals surface area (Å²) >= 11 is 0. The summed E-state index contributed by atoms with van der Waals surface area (Å²) in [6.07, 6.45) is 1.39. The van der Waals surface area contributed by atoms with Crippen LogP contribution in [0.4, 0.5) is 4.39 Å². The predicted octanol–water partition coefficient (Wildman–Crippen LogP) is 4.38. The molecule has 0 spiro atoms. The van der Waals surface area contributed by atoms with Gasteiger partial charge in [-0.3, -0.25) is 0 Å². The molecule has 0 radical (unpaired) electrons. The van der Waals surface area contributed by atoms with E-state index in [1.54, 1.807) is 12.1 Å². The standard InChI is InChI=1S/C16H14FN3O2.C2H6/c1-9(2)12-7-13(10-3-5-11(17)6-4-10)19-20-8-14(16(21)22)18-15(12)20;1-2/h3-9H,1-2H3,(H,21,22);1-2H3. The lowest BCUT2D eigenvalue weighted by molar-refractivity contribution is 0.0691. The van der Waals surface area contributed by atoms with Crippen LogP contribution in [0, 0.1) is 5.82 Å². The van der Waals surface area contributed by atoms with Crippen molar-refractivity contribution in [1.82, 2.24) is 14.6 Å². The minimum atomic E-state index is -1.09. The fourth-order valence-corrected chi connectivity index (χ4v) is 2.29. The molecule has 0 amide bonds. The van der Waals surface area contributed by atoms with Crippen LogP contribution in [-0.4, -0.2) is 25.7 Å². The summed E-state index contributed by atoms with van der Waals surface area (Å²) in [6.45, 7) is 8.00. The number of hydrogen-bond acceptors (Lipinski definition) is 3. The van der Waals surface area contributed by atoms with Gasteiger partial charge in [0.25, 0.3) is 0 Å². The van der Waals surface area contributed by atoms with Crippen molar-refractivity contribution < 1.29 is 14.3 Å². The molecule has 0 aliphatic heterocycles. The summed E-state index contributed by atoms with van der Waals surface area (Å²) in [5.74, 6) is -1.26. The molecule has 0 aliphatic rings. The van der Waals surface area contributed by atoms with Crippen molar-refractivity contribution in [3.05, 3.63) is 53.6 Å². The van der Waals surface area contributed by atoms with Crippen LogP contribution in [0.1, 0.15) is 49.7 Å². The molecule has 6 heteroatoms. The smallest absolute Gasteiger partial charge is 0.356 e. The van der Waals surface area contributed by atoms with E-state index in [1.165, 1.54) is 22.8 Å². The van der Waals surface area contributed by atoms with Crippen molar-refractivity contribution >= 4 is 11.6 Å². The molecule has 3 rings (SSSR count). The highest BCUT2D eigenvalue weighted by atomic mass is 19.1. The summed E-state index contributed by atoms with van der Waals surface area (Å²) in [7, 11) is 0. The average Bonchev–Trinajstić information content (AvgIpc) is 3.00. The van der Waals surface area contributed by atoms with Gasteiger partial charge in [0.05, 0.1) is 11.9 Å². The van der Waals surface area contributed by atoms with Gasteiger partial charge in [0, 0.05) is 11.1 Å². The second-order valence-electron chi connectivity index (χ2n) is 5.35. The molecule has 0 saturated heterocycles. The number of imidazole rings is 1. The van der Waals surface area contributed by atoms with Crippen LogP contribution < -0.4 is 0 Å². The molecule has 0 saturated carbocycles. The number of carboxylic acids is 1. The molecule has 2 heterocycles. The zero-order valence-electron chi connectivity index (χ0n) is 14.1. The Morgan fingerprint density at radius 1 is 1.21 bits per heavy atom. The molecule has 0 fully saturated rings. The van der Waals surface area contributed by atoms with E-state index in [9.17, 15) is 9.18 Å². The van der Waals surface area contributed by atoms with Crippen molar-refractivity contribution in [2.45, 2.75) is 33.6 Å². The normalized spacial score (nSPS) is 10.6. The molecule has 0 bridgehead atoms. The van der Waals surface area contributed by atoms with Gasteiger partial charge in [0.2, 0.25) is 0 Å². The first-order valence-corrected chi connectivity index (χ1v) is 7.85. The van der Waals surface area contributed by atoms with Crippen LogP contribution in [0.3, 0.4) is 0 Å². The molecule has 1 N–H and O–H groups in total. The van der Waals surface area contributed by atoms with Crippen LogP contribution in [-0.2, 0) is 0 Å². The van der Waals surface area contributed by atoms with Gasteiger partial charge in [0.15, 0.2) is 11.3 Å². The number of rotatable bonds is 3. The minimum Gasteiger partial charge on any atom is -0.476 e. The van der Waals surface area contributed by atoms with Crippen LogP contribution in [0.5, 0.6) is 0 Å². The zero-order valence-corrected chi connectivity index (χ0v) is 14.1. The number of carbonyl (C=O) groups is 1. The third-order valence-corrected chi connectivity index (χ3v) is 3.43. The molecule has 24 heavy (non-hydrogen) atoms. The highest BCUT2D eigenvalue weighted by Crippen LogP contribution is 2.25. The summed E-state index contributed by atoms with van der Waals surface area (Å²) < 4.78 is 14.5. The number of nitrogens with zero attached hydrogens (tertiary/aromatic N) is 3. The van der Waals surface area contributed by atoms with Gasteiger partial charge in [-0.2, -0.15) is 5.10 Å². The summed E-state index contributed by atoms with van der Waals surface area (Å²) in [6, 6.07) is 7.89. The highest BCUT2D eigenvalue weighted by Gasteiger charge is 2.16. The Kier molecular flexibility index (Phi) is 5.28. The fraction of sp³-hybridized carbons (Fsp3) is 0.278. The lowest BCUT2D eigenvalue weighted by Crippen LogP contribution is -2.00. The number of aromatic carboxylic acids is 1. The molecule has 1 aromatic carbocycles. The summed E-state index contributed by atoms with van der Waals surface area (Å²) in [5, 5.41) is 13.5. The molecule has 0 atom stereocenters. The number of halogens is 1. The summed E-state index contributed by atoms with van der Waals surface area (Å²) in [4.78, 5) is 15.2. The van der Waals surface area contributed by atoms with Gasteiger partial charge in [-0.05, 0) is 36.2 Å². The third-order valence-electron chi connectivity index (χ3n) is 3.43. The van der Waals surface area contributed by atoms with Gasteiger partial charge in [-0.1, -0.05) is 27.7 Å².